The SMILES string of the molecule is Cc1nc(Cc2nc3c(s2)CCCC3=O)cs1. The smallest absolute Gasteiger partial charge is 0.182 e. The lowest BCUT2D eigenvalue weighted by Gasteiger charge is -2.06. The fraction of sp³-hybridized carbons (Fsp3) is 0.417. The molecule has 0 fully saturated rings. The Morgan fingerprint density at radius 2 is 2.24 bits per heavy atom. The van der Waals surface area contributed by atoms with Crippen LogP contribution in [0.3, 0.4) is 0 Å². The van der Waals surface area contributed by atoms with Gasteiger partial charge in [-0.15, -0.1) is 22.7 Å². The minimum Gasteiger partial charge on any atom is -0.292 e. The molecule has 3 nitrogen and oxygen atoms in total. The number of aromatic nitrogens is 2. The zero-order valence-corrected chi connectivity index (χ0v) is 11.2. The number of hydrogen-bond acceptors (Lipinski definition) is 5. The molecule has 0 aliphatic heterocycles. The Hall–Kier alpha value is -1.07. The minimum absolute atomic E-state index is 0.211. The highest BCUT2D eigenvalue weighted by Crippen LogP contribution is 2.28. The van der Waals surface area contributed by atoms with Crippen molar-refractivity contribution in [2.45, 2.75) is 32.6 Å². The van der Waals surface area contributed by atoms with Gasteiger partial charge in [-0.2, -0.15) is 0 Å². The first-order chi connectivity index (χ1) is 8.22. The number of nitrogens with zero attached hydrogens (tertiary/aromatic N) is 2. The summed E-state index contributed by atoms with van der Waals surface area (Å²) >= 11 is 3.33. The van der Waals surface area contributed by atoms with E-state index >= 15 is 0 Å². The summed E-state index contributed by atoms with van der Waals surface area (Å²) in [5.41, 5.74) is 1.79. The van der Waals surface area contributed by atoms with Crippen molar-refractivity contribution in [2.24, 2.45) is 0 Å². The van der Waals surface area contributed by atoms with Crippen molar-refractivity contribution in [3.63, 3.8) is 0 Å². The van der Waals surface area contributed by atoms with Gasteiger partial charge in [-0.3, -0.25) is 4.79 Å². The van der Waals surface area contributed by atoms with E-state index in [9.17, 15) is 4.79 Å². The maximum absolute atomic E-state index is 11.7. The summed E-state index contributed by atoms with van der Waals surface area (Å²) in [6, 6.07) is 0. The van der Waals surface area contributed by atoms with E-state index in [1.54, 1.807) is 22.7 Å². The van der Waals surface area contributed by atoms with Gasteiger partial charge in [-0.25, -0.2) is 9.97 Å². The number of rotatable bonds is 2. The van der Waals surface area contributed by atoms with E-state index in [-0.39, 0.29) is 5.78 Å². The maximum Gasteiger partial charge on any atom is 0.182 e. The summed E-state index contributed by atoms with van der Waals surface area (Å²) in [5, 5.41) is 4.17. The molecule has 1 aliphatic carbocycles. The van der Waals surface area contributed by atoms with Crippen molar-refractivity contribution < 1.29 is 4.79 Å². The molecule has 0 saturated heterocycles. The Kier molecular flexibility index (Phi) is 2.80. The van der Waals surface area contributed by atoms with E-state index in [1.165, 1.54) is 4.88 Å². The van der Waals surface area contributed by atoms with Gasteiger partial charge < -0.3 is 0 Å². The molecule has 0 unspecified atom stereocenters. The molecular weight excluding hydrogens is 252 g/mol. The van der Waals surface area contributed by atoms with Crippen molar-refractivity contribution in [1.82, 2.24) is 9.97 Å². The van der Waals surface area contributed by atoms with Crippen molar-refractivity contribution in [2.75, 3.05) is 0 Å². The van der Waals surface area contributed by atoms with Crippen LogP contribution in [-0.4, -0.2) is 15.8 Å². The average Bonchev–Trinajstić information content (AvgIpc) is 2.86. The number of hydrogen-bond donors (Lipinski definition) is 0. The molecule has 1 aliphatic rings. The number of aryl methyl sites for hydroxylation is 2. The lowest BCUT2D eigenvalue weighted by Crippen LogP contribution is -2.08. The van der Waals surface area contributed by atoms with Crippen LogP contribution in [-0.2, 0) is 12.8 Å². The molecule has 2 aromatic heterocycles. The standard InChI is InChI=1S/C12H12N2OS2/c1-7-13-8(6-16-7)5-11-14-12-9(15)3-2-4-10(12)17-11/h6H,2-5H2,1H3. The van der Waals surface area contributed by atoms with Crippen molar-refractivity contribution in [1.29, 1.82) is 0 Å². The molecule has 0 atom stereocenters. The normalized spacial score (nSPS) is 15.0. The monoisotopic (exact) mass is 264 g/mol. The molecule has 0 saturated carbocycles. The molecular formula is C12H12N2OS2. The highest BCUT2D eigenvalue weighted by molar-refractivity contribution is 7.12. The van der Waals surface area contributed by atoms with Crippen LogP contribution in [0.25, 0.3) is 0 Å². The predicted octanol–water partition coefficient (Wildman–Crippen LogP) is 3.02. The van der Waals surface area contributed by atoms with Crippen LogP contribution < -0.4 is 0 Å². The van der Waals surface area contributed by atoms with Crippen LogP contribution >= 0.6 is 22.7 Å². The number of carbonyl (C=O) groups is 1. The summed E-state index contributed by atoms with van der Waals surface area (Å²) in [6.07, 6.45) is 3.40. The van der Waals surface area contributed by atoms with Crippen LogP contribution in [0, 0.1) is 6.92 Å². The van der Waals surface area contributed by atoms with Gasteiger partial charge in [-0.1, -0.05) is 0 Å². The summed E-state index contributed by atoms with van der Waals surface area (Å²) in [6.45, 7) is 2.00. The molecule has 0 amide bonds. The number of fused-ring (bicyclic) bond motifs is 1. The zero-order chi connectivity index (χ0) is 11.8. The van der Waals surface area contributed by atoms with Crippen molar-refractivity contribution in [3.8, 4) is 0 Å². The highest BCUT2D eigenvalue weighted by atomic mass is 32.1. The Labute approximate surface area is 108 Å². The van der Waals surface area contributed by atoms with Crippen LogP contribution in [0.2, 0.25) is 0 Å². The van der Waals surface area contributed by atoms with E-state index in [0.29, 0.717) is 6.42 Å². The van der Waals surface area contributed by atoms with Crippen molar-refractivity contribution in [3.05, 3.63) is 31.7 Å². The molecule has 88 valence electrons. The van der Waals surface area contributed by atoms with E-state index in [1.807, 2.05) is 6.92 Å². The molecule has 0 radical (unpaired) electrons. The third-order valence-electron chi connectivity index (χ3n) is 2.81. The van der Waals surface area contributed by atoms with Gasteiger partial charge in [0.05, 0.1) is 15.7 Å². The fourth-order valence-corrected chi connectivity index (χ4v) is 3.79. The molecule has 0 N–H and O–H groups in total. The van der Waals surface area contributed by atoms with Crippen LogP contribution in [0.1, 0.15) is 43.9 Å². The van der Waals surface area contributed by atoms with Gasteiger partial charge in [0.1, 0.15) is 5.69 Å². The van der Waals surface area contributed by atoms with E-state index in [4.69, 9.17) is 0 Å². The average molecular weight is 264 g/mol. The van der Waals surface area contributed by atoms with Gasteiger partial charge in [0, 0.05) is 23.1 Å². The zero-order valence-electron chi connectivity index (χ0n) is 9.52. The molecule has 0 bridgehead atoms. The molecule has 3 rings (SSSR count). The van der Waals surface area contributed by atoms with E-state index < -0.39 is 0 Å². The Bertz CT molecular complexity index is 571. The van der Waals surface area contributed by atoms with E-state index in [0.717, 1.165) is 40.7 Å². The summed E-state index contributed by atoms with van der Waals surface area (Å²) in [7, 11) is 0. The second-order valence-corrected chi connectivity index (χ2v) is 6.42. The molecule has 5 heteroatoms. The lowest BCUT2D eigenvalue weighted by atomic mass is 10.0. The number of ketones is 1. The van der Waals surface area contributed by atoms with E-state index in [2.05, 4.69) is 15.3 Å². The summed E-state index contributed by atoms with van der Waals surface area (Å²) < 4.78 is 0. The van der Waals surface area contributed by atoms with Gasteiger partial charge in [-0.05, 0) is 19.8 Å². The number of thiazole rings is 2. The van der Waals surface area contributed by atoms with Crippen LogP contribution in [0.4, 0.5) is 0 Å². The van der Waals surface area contributed by atoms with Gasteiger partial charge in [0.2, 0.25) is 0 Å². The second kappa shape index (κ2) is 4.31. The van der Waals surface area contributed by atoms with Gasteiger partial charge in [0.15, 0.2) is 5.78 Å². The molecule has 17 heavy (non-hydrogen) atoms. The Morgan fingerprint density at radius 1 is 1.35 bits per heavy atom. The van der Waals surface area contributed by atoms with Gasteiger partial charge in [0.25, 0.3) is 0 Å². The Morgan fingerprint density at radius 3 is 2.94 bits per heavy atom. The minimum atomic E-state index is 0.211. The summed E-state index contributed by atoms with van der Waals surface area (Å²) in [4.78, 5) is 21.8. The fourth-order valence-electron chi connectivity index (χ4n) is 2.04. The largest absolute Gasteiger partial charge is 0.292 e. The first-order valence-electron chi connectivity index (χ1n) is 5.65. The first kappa shape index (κ1) is 11.0. The maximum atomic E-state index is 11.7. The molecule has 0 spiro atoms. The second-order valence-electron chi connectivity index (χ2n) is 4.19. The third-order valence-corrected chi connectivity index (χ3v) is 4.75. The lowest BCUT2D eigenvalue weighted by molar-refractivity contribution is 0.0968. The molecule has 2 heterocycles. The quantitative estimate of drug-likeness (QED) is 0.837. The third kappa shape index (κ3) is 2.17. The Balaban J connectivity index is 1.87. The predicted molar refractivity (Wildman–Crippen MR) is 69.0 cm³/mol. The summed E-state index contributed by atoms with van der Waals surface area (Å²) in [5.74, 6) is 0.211. The van der Waals surface area contributed by atoms with Crippen LogP contribution in [0.15, 0.2) is 5.38 Å². The molecule has 0 aromatic carbocycles. The van der Waals surface area contributed by atoms with Crippen LogP contribution in [0.5, 0.6) is 0 Å². The van der Waals surface area contributed by atoms with Gasteiger partial charge >= 0.3 is 0 Å². The molecule has 2 aromatic rings. The first-order valence-corrected chi connectivity index (χ1v) is 7.35. The highest BCUT2D eigenvalue weighted by Gasteiger charge is 2.22. The topological polar surface area (TPSA) is 42.9 Å². The number of carbonyl (C=O) groups excluding carboxylic acids is 1. The number of Topliss-reactive ketones (excluding diaryl/α,β-unsaturated/α-hetero) is 1. The van der Waals surface area contributed by atoms with Crippen molar-refractivity contribution >= 4 is 28.5 Å².